The fourth-order valence-electron chi connectivity index (χ4n) is 2.77. The first-order valence-corrected chi connectivity index (χ1v) is 6.78. The topological polar surface area (TPSA) is 49.4 Å². The molecule has 0 aromatic heterocycles. The van der Waals surface area contributed by atoms with Crippen LogP contribution in [0.15, 0.2) is 18.2 Å². The molecule has 1 N–H and O–H groups in total. The van der Waals surface area contributed by atoms with Crippen molar-refractivity contribution in [3.63, 3.8) is 0 Å². The summed E-state index contributed by atoms with van der Waals surface area (Å²) in [6, 6.07) is 5.34. The minimum Gasteiger partial charge on any atom is -0.273 e. The van der Waals surface area contributed by atoms with Gasteiger partial charge in [0.2, 0.25) is 11.8 Å². The normalized spacial score (nSPS) is 29.0. The molecule has 1 aliphatic heterocycles. The van der Waals surface area contributed by atoms with Crippen molar-refractivity contribution < 1.29 is 9.59 Å². The zero-order valence-electron chi connectivity index (χ0n) is 10.9. The van der Waals surface area contributed by atoms with Crippen LogP contribution in [0.3, 0.4) is 0 Å². The number of rotatable bonds is 2. The van der Waals surface area contributed by atoms with E-state index in [9.17, 15) is 9.59 Å². The third-order valence-corrected chi connectivity index (χ3v) is 4.71. The standard InChI is InChI=1S/C14H15ClN2O2/c1-3-14-7-10(14)12(18)17(16-13(14)19)9-5-4-8(2)11(15)6-9/h4-6,10H,3,7H2,1-2H3,(H,16,19)/t10-,14-/m0/s1. The quantitative estimate of drug-likeness (QED) is 0.903. The molecule has 0 radical (unpaired) electrons. The van der Waals surface area contributed by atoms with E-state index in [-0.39, 0.29) is 17.7 Å². The molecule has 1 aromatic carbocycles. The van der Waals surface area contributed by atoms with Crippen LogP contribution >= 0.6 is 11.6 Å². The molecule has 1 aromatic rings. The molecule has 2 aliphatic rings. The Kier molecular flexibility index (Phi) is 2.61. The van der Waals surface area contributed by atoms with E-state index in [0.29, 0.717) is 23.6 Å². The highest BCUT2D eigenvalue weighted by Crippen LogP contribution is 2.58. The summed E-state index contributed by atoms with van der Waals surface area (Å²) in [6.45, 7) is 3.84. The lowest BCUT2D eigenvalue weighted by Crippen LogP contribution is -2.55. The Morgan fingerprint density at radius 1 is 1.47 bits per heavy atom. The maximum Gasteiger partial charge on any atom is 0.249 e. The second-order valence-electron chi connectivity index (χ2n) is 5.31. The molecule has 5 heteroatoms. The van der Waals surface area contributed by atoms with Crippen molar-refractivity contribution in [2.24, 2.45) is 11.3 Å². The Balaban J connectivity index is 1.93. The molecular formula is C14H15ClN2O2. The molecule has 2 amide bonds. The maximum atomic E-state index is 12.3. The Labute approximate surface area is 116 Å². The van der Waals surface area contributed by atoms with Crippen molar-refractivity contribution in [2.75, 3.05) is 5.01 Å². The molecule has 0 spiro atoms. The van der Waals surface area contributed by atoms with Gasteiger partial charge in [-0.05, 0) is 37.5 Å². The lowest BCUT2D eigenvalue weighted by Gasteiger charge is -2.31. The van der Waals surface area contributed by atoms with Crippen LogP contribution in [-0.2, 0) is 9.59 Å². The Bertz CT molecular complexity index is 587. The predicted octanol–water partition coefficient (Wildman–Crippen LogP) is 2.44. The highest BCUT2D eigenvalue weighted by Gasteiger charge is 2.66. The summed E-state index contributed by atoms with van der Waals surface area (Å²) in [7, 11) is 0. The van der Waals surface area contributed by atoms with Crippen LogP contribution in [0.25, 0.3) is 0 Å². The van der Waals surface area contributed by atoms with Gasteiger partial charge in [0, 0.05) is 5.02 Å². The summed E-state index contributed by atoms with van der Waals surface area (Å²) in [6.07, 6.45) is 1.36. The van der Waals surface area contributed by atoms with Crippen molar-refractivity contribution in [1.29, 1.82) is 0 Å². The largest absolute Gasteiger partial charge is 0.273 e. The summed E-state index contributed by atoms with van der Waals surface area (Å²) < 4.78 is 0. The Morgan fingerprint density at radius 2 is 2.21 bits per heavy atom. The van der Waals surface area contributed by atoms with Crippen molar-refractivity contribution in [2.45, 2.75) is 26.7 Å². The van der Waals surface area contributed by atoms with Gasteiger partial charge in [-0.1, -0.05) is 24.6 Å². The van der Waals surface area contributed by atoms with E-state index in [1.807, 2.05) is 19.9 Å². The number of nitrogens with zero attached hydrogens (tertiary/aromatic N) is 1. The summed E-state index contributed by atoms with van der Waals surface area (Å²) >= 11 is 6.07. The number of hydrazine groups is 1. The van der Waals surface area contributed by atoms with Gasteiger partial charge in [0.1, 0.15) is 0 Å². The van der Waals surface area contributed by atoms with Crippen LogP contribution in [0.2, 0.25) is 5.02 Å². The minimum atomic E-state index is -0.456. The lowest BCUT2D eigenvalue weighted by atomic mass is 9.97. The molecule has 1 heterocycles. The lowest BCUT2D eigenvalue weighted by molar-refractivity contribution is -0.135. The number of hydrogen-bond acceptors (Lipinski definition) is 2. The number of benzene rings is 1. The molecular weight excluding hydrogens is 264 g/mol. The number of hydrogen-bond donors (Lipinski definition) is 1. The molecule has 4 nitrogen and oxygen atoms in total. The summed E-state index contributed by atoms with van der Waals surface area (Å²) in [5, 5.41) is 1.92. The number of carbonyl (C=O) groups is 2. The maximum absolute atomic E-state index is 12.3. The first-order valence-electron chi connectivity index (χ1n) is 6.41. The number of anilines is 1. The fourth-order valence-corrected chi connectivity index (χ4v) is 2.94. The van der Waals surface area contributed by atoms with Gasteiger partial charge in [-0.3, -0.25) is 15.0 Å². The average molecular weight is 279 g/mol. The second kappa shape index (κ2) is 3.97. The van der Waals surface area contributed by atoms with Crippen LogP contribution in [-0.4, -0.2) is 11.8 Å². The summed E-state index contributed by atoms with van der Waals surface area (Å²) in [5.74, 6) is -0.274. The molecule has 19 heavy (non-hydrogen) atoms. The summed E-state index contributed by atoms with van der Waals surface area (Å²) in [5.41, 5.74) is 3.80. The molecule has 2 fully saturated rings. The number of halogens is 1. The highest BCUT2D eigenvalue weighted by molar-refractivity contribution is 6.31. The SMILES string of the molecule is CC[C@]12C[C@H]1C(=O)N(c1ccc(C)c(Cl)c1)NC2=O. The molecule has 1 saturated heterocycles. The Morgan fingerprint density at radius 3 is 2.84 bits per heavy atom. The van der Waals surface area contributed by atoms with Crippen LogP contribution < -0.4 is 10.4 Å². The van der Waals surface area contributed by atoms with Gasteiger partial charge in [0.05, 0.1) is 17.0 Å². The Hall–Kier alpha value is -1.55. The third kappa shape index (κ3) is 1.66. The van der Waals surface area contributed by atoms with Crippen LogP contribution in [0.5, 0.6) is 0 Å². The number of fused-ring (bicyclic) bond motifs is 1. The smallest absolute Gasteiger partial charge is 0.249 e. The molecule has 100 valence electrons. The van der Waals surface area contributed by atoms with Gasteiger partial charge >= 0.3 is 0 Å². The van der Waals surface area contributed by atoms with E-state index in [1.165, 1.54) is 5.01 Å². The predicted molar refractivity (Wildman–Crippen MR) is 72.6 cm³/mol. The van der Waals surface area contributed by atoms with E-state index >= 15 is 0 Å². The number of aryl methyl sites for hydroxylation is 1. The second-order valence-corrected chi connectivity index (χ2v) is 5.72. The highest BCUT2D eigenvalue weighted by atomic mass is 35.5. The number of carbonyl (C=O) groups excluding carboxylic acids is 2. The molecule has 1 saturated carbocycles. The first kappa shape index (κ1) is 12.5. The van der Waals surface area contributed by atoms with Crippen LogP contribution in [0.1, 0.15) is 25.3 Å². The van der Waals surface area contributed by atoms with E-state index in [1.54, 1.807) is 12.1 Å². The van der Waals surface area contributed by atoms with E-state index in [2.05, 4.69) is 5.43 Å². The van der Waals surface area contributed by atoms with E-state index in [4.69, 9.17) is 11.6 Å². The molecule has 2 atom stereocenters. The molecule has 3 rings (SSSR count). The van der Waals surface area contributed by atoms with Gasteiger partial charge in [-0.15, -0.1) is 0 Å². The molecule has 1 aliphatic carbocycles. The van der Waals surface area contributed by atoms with Gasteiger partial charge < -0.3 is 0 Å². The van der Waals surface area contributed by atoms with Gasteiger partial charge in [0.25, 0.3) is 0 Å². The first-order chi connectivity index (χ1) is 8.99. The van der Waals surface area contributed by atoms with Crippen LogP contribution in [0, 0.1) is 18.3 Å². The molecule has 0 bridgehead atoms. The van der Waals surface area contributed by atoms with Gasteiger partial charge in [-0.2, -0.15) is 0 Å². The van der Waals surface area contributed by atoms with Crippen molar-refractivity contribution in [3.8, 4) is 0 Å². The fraction of sp³-hybridized carbons (Fsp3) is 0.429. The third-order valence-electron chi connectivity index (χ3n) is 4.30. The monoisotopic (exact) mass is 278 g/mol. The van der Waals surface area contributed by atoms with Crippen molar-refractivity contribution in [3.05, 3.63) is 28.8 Å². The molecule has 0 unspecified atom stereocenters. The summed E-state index contributed by atoms with van der Waals surface area (Å²) in [4.78, 5) is 24.5. The van der Waals surface area contributed by atoms with E-state index < -0.39 is 5.41 Å². The van der Waals surface area contributed by atoms with Gasteiger partial charge in [0.15, 0.2) is 0 Å². The minimum absolute atomic E-state index is 0.0404. The van der Waals surface area contributed by atoms with Crippen LogP contribution in [0.4, 0.5) is 5.69 Å². The van der Waals surface area contributed by atoms with Gasteiger partial charge in [-0.25, -0.2) is 5.01 Å². The van der Waals surface area contributed by atoms with E-state index in [0.717, 1.165) is 5.56 Å². The zero-order chi connectivity index (χ0) is 13.8. The average Bonchev–Trinajstić information content (AvgIpc) is 3.14. The zero-order valence-corrected chi connectivity index (χ0v) is 11.6. The number of nitrogens with one attached hydrogen (secondary N) is 1. The number of amides is 2. The van der Waals surface area contributed by atoms with Crippen molar-refractivity contribution >= 4 is 29.1 Å². The van der Waals surface area contributed by atoms with Crippen molar-refractivity contribution in [1.82, 2.24) is 5.43 Å².